The first-order chi connectivity index (χ1) is 7.56. The number of rotatable bonds is 4. The maximum atomic E-state index is 12.0. The van der Waals surface area contributed by atoms with E-state index in [9.17, 15) is 4.79 Å². The molecule has 5 heteroatoms. The third-order valence-corrected chi connectivity index (χ3v) is 2.87. The van der Waals surface area contributed by atoms with E-state index in [1.165, 1.54) is 0 Å². The SMILES string of the molecule is CNCCN(C)C(=O)c1ccc(C)c(Cl)c1.Cl. The minimum atomic E-state index is -0.00264. The average Bonchev–Trinajstić information content (AvgIpc) is 2.28. The number of hydrogen-bond donors (Lipinski definition) is 1. The van der Waals surface area contributed by atoms with E-state index in [0.717, 1.165) is 12.1 Å². The van der Waals surface area contributed by atoms with Crippen molar-refractivity contribution in [2.45, 2.75) is 6.92 Å². The highest BCUT2D eigenvalue weighted by atomic mass is 35.5. The normalized spacial score (nSPS) is 9.65. The number of carbonyl (C=O) groups excluding carboxylic acids is 1. The summed E-state index contributed by atoms with van der Waals surface area (Å²) in [5.41, 5.74) is 1.62. The van der Waals surface area contributed by atoms with Crippen LogP contribution in [0.1, 0.15) is 15.9 Å². The van der Waals surface area contributed by atoms with E-state index in [-0.39, 0.29) is 18.3 Å². The van der Waals surface area contributed by atoms with Gasteiger partial charge in [0, 0.05) is 30.7 Å². The van der Waals surface area contributed by atoms with E-state index in [1.54, 1.807) is 24.1 Å². The van der Waals surface area contributed by atoms with E-state index in [2.05, 4.69) is 5.32 Å². The Morgan fingerprint density at radius 2 is 2.12 bits per heavy atom. The quantitative estimate of drug-likeness (QED) is 0.916. The molecule has 0 atom stereocenters. The van der Waals surface area contributed by atoms with Crippen molar-refractivity contribution in [1.29, 1.82) is 0 Å². The van der Waals surface area contributed by atoms with Crippen LogP contribution >= 0.6 is 24.0 Å². The van der Waals surface area contributed by atoms with Gasteiger partial charge in [-0.15, -0.1) is 12.4 Å². The van der Waals surface area contributed by atoms with E-state index >= 15 is 0 Å². The van der Waals surface area contributed by atoms with Crippen molar-refractivity contribution in [2.24, 2.45) is 0 Å². The molecule has 1 amide bonds. The van der Waals surface area contributed by atoms with Crippen molar-refractivity contribution in [2.75, 3.05) is 27.2 Å². The highest BCUT2D eigenvalue weighted by Crippen LogP contribution is 2.17. The monoisotopic (exact) mass is 276 g/mol. The summed E-state index contributed by atoms with van der Waals surface area (Å²) >= 11 is 5.98. The molecule has 0 unspecified atom stereocenters. The number of nitrogens with zero attached hydrogens (tertiary/aromatic N) is 1. The average molecular weight is 277 g/mol. The molecule has 1 N–H and O–H groups in total. The number of aryl methyl sites for hydroxylation is 1. The van der Waals surface area contributed by atoms with Gasteiger partial charge in [0.05, 0.1) is 0 Å². The molecule has 1 rings (SSSR count). The maximum absolute atomic E-state index is 12.0. The fraction of sp³-hybridized carbons (Fsp3) is 0.417. The number of benzene rings is 1. The van der Waals surface area contributed by atoms with Gasteiger partial charge in [0.2, 0.25) is 0 Å². The highest BCUT2D eigenvalue weighted by molar-refractivity contribution is 6.31. The summed E-state index contributed by atoms with van der Waals surface area (Å²) in [6.45, 7) is 3.38. The van der Waals surface area contributed by atoms with Crippen molar-refractivity contribution in [1.82, 2.24) is 10.2 Å². The Balaban J connectivity index is 0.00000256. The minimum Gasteiger partial charge on any atom is -0.340 e. The number of likely N-dealkylation sites (N-methyl/N-ethyl adjacent to an activating group) is 2. The van der Waals surface area contributed by atoms with Crippen LogP contribution in [0.15, 0.2) is 18.2 Å². The molecule has 0 fully saturated rings. The van der Waals surface area contributed by atoms with Gasteiger partial charge in [-0.05, 0) is 31.7 Å². The molecule has 1 aromatic carbocycles. The highest BCUT2D eigenvalue weighted by Gasteiger charge is 2.11. The van der Waals surface area contributed by atoms with Gasteiger partial charge >= 0.3 is 0 Å². The van der Waals surface area contributed by atoms with Crippen molar-refractivity contribution in [3.63, 3.8) is 0 Å². The molecular weight excluding hydrogens is 259 g/mol. The molecule has 0 bridgehead atoms. The molecule has 0 radical (unpaired) electrons. The summed E-state index contributed by atoms with van der Waals surface area (Å²) in [5.74, 6) is -0.00264. The predicted octanol–water partition coefficient (Wildman–Crippen LogP) is 2.36. The first-order valence-corrected chi connectivity index (χ1v) is 5.60. The van der Waals surface area contributed by atoms with Gasteiger partial charge in [0.1, 0.15) is 0 Å². The number of nitrogens with one attached hydrogen (secondary N) is 1. The molecule has 17 heavy (non-hydrogen) atoms. The van der Waals surface area contributed by atoms with Crippen LogP contribution in [0.25, 0.3) is 0 Å². The second kappa shape index (κ2) is 7.54. The van der Waals surface area contributed by atoms with Gasteiger partial charge < -0.3 is 10.2 Å². The van der Waals surface area contributed by atoms with E-state index < -0.39 is 0 Å². The van der Waals surface area contributed by atoms with Crippen molar-refractivity contribution in [3.05, 3.63) is 34.3 Å². The largest absolute Gasteiger partial charge is 0.340 e. The van der Waals surface area contributed by atoms with Crippen molar-refractivity contribution >= 4 is 29.9 Å². The first-order valence-electron chi connectivity index (χ1n) is 5.22. The van der Waals surface area contributed by atoms with Crippen molar-refractivity contribution in [3.8, 4) is 0 Å². The van der Waals surface area contributed by atoms with E-state index in [4.69, 9.17) is 11.6 Å². The van der Waals surface area contributed by atoms with Gasteiger partial charge in [-0.2, -0.15) is 0 Å². The van der Waals surface area contributed by atoms with Crippen LogP contribution in [-0.4, -0.2) is 38.0 Å². The lowest BCUT2D eigenvalue weighted by atomic mass is 10.1. The third-order valence-electron chi connectivity index (χ3n) is 2.46. The van der Waals surface area contributed by atoms with Gasteiger partial charge in [0.15, 0.2) is 0 Å². The summed E-state index contributed by atoms with van der Waals surface area (Å²) in [4.78, 5) is 13.6. The Labute approximate surface area is 114 Å². The minimum absolute atomic E-state index is 0. The lowest BCUT2D eigenvalue weighted by Crippen LogP contribution is -2.32. The number of amides is 1. The molecule has 0 aliphatic carbocycles. The predicted molar refractivity (Wildman–Crippen MR) is 74.3 cm³/mol. The maximum Gasteiger partial charge on any atom is 0.253 e. The molecule has 0 spiro atoms. The Bertz CT molecular complexity index is 383. The Kier molecular flexibility index (Phi) is 7.19. The second-order valence-corrected chi connectivity index (χ2v) is 4.20. The molecule has 0 heterocycles. The van der Waals surface area contributed by atoms with Gasteiger partial charge in [-0.25, -0.2) is 0 Å². The fourth-order valence-corrected chi connectivity index (χ4v) is 1.51. The fourth-order valence-electron chi connectivity index (χ4n) is 1.33. The summed E-state index contributed by atoms with van der Waals surface area (Å²) in [7, 11) is 3.65. The van der Waals surface area contributed by atoms with Gasteiger partial charge in [0.25, 0.3) is 5.91 Å². The van der Waals surface area contributed by atoms with E-state index in [1.807, 2.05) is 20.0 Å². The number of carbonyl (C=O) groups is 1. The standard InChI is InChI=1S/C12H17ClN2O.ClH/c1-9-4-5-10(8-11(9)13)12(16)15(3)7-6-14-2;/h4-5,8,14H,6-7H2,1-3H3;1H. The van der Waals surface area contributed by atoms with Gasteiger partial charge in [-0.1, -0.05) is 17.7 Å². The zero-order chi connectivity index (χ0) is 12.1. The summed E-state index contributed by atoms with van der Waals surface area (Å²) in [6, 6.07) is 5.38. The summed E-state index contributed by atoms with van der Waals surface area (Å²) in [5, 5.41) is 3.64. The van der Waals surface area contributed by atoms with Crippen LogP contribution in [0.2, 0.25) is 5.02 Å². The van der Waals surface area contributed by atoms with Crippen LogP contribution in [0.3, 0.4) is 0 Å². The smallest absolute Gasteiger partial charge is 0.253 e. The first kappa shape index (κ1) is 16.2. The van der Waals surface area contributed by atoms with Crippen LogP contribution in [0.4, 0.5) is 0 Å². The lowest BCUT2D eigenvalue weighted by molar-refractivity contribution is 0.0797. The molecule has 0 saturated carbocycles. The zero-order valence-electron chi connectivity index (χ0n) is 10.3. The molecular formula is C12H18Cl2N2O. The lowest BCUT2D eigenvalue weighted by Gasteiger charge is -2.17. The molecule has 1 aromatic rings. The molecule has 96 valence electrons. The number of hydrogen-bond acceptors (Lipinski definition) is 2. The Morgan fingerprint density at radius 1 is 1.47 bits per heavy atom. The van der Waals surface area contributed by atoms with Crippen LogP contribution in [0, 0.1) is 6.92 Å². The van der Waals surface area contributed by atoms with E-state index in [0.29, 0.717) is 17.1 Å². The molecule has 0 aliphatic rings. The molecule has 3 nitrogen and oxygen atoms in total. The Hall–Kier alpha value is -0.770. The molecule has 0 aliphatic heterocycles. The van der Waals surface area contributed by atoms with Crippen LogP contribution in [-0.2, 0) is 0 Å². The zero-order valence-corrected chi connectivity index (χ0v) is 11.9. The number of halogens is 2. The van der Waals surface area contributed by atoms with Gasteiger partial charge in [-0.3, -0.25) is 4.79 Å². The van der Waals surface area contributed by atoms with Crippen LogP contribution < -0.4 is 5.32 Å². The third kappa shape index (κ3) is 4.54. The molecule has 0 saturated heterocycles. The second-order valence-electron chi connectivity index (χ2n) is 3.79. The topological polar surface area (TPSA) is 32.3 Å². The summed E-state index contributed by atoms with van der Waals surface area (Å²) < 4.78 is 0. The van der Waals surface area contributed by atoms with Crippen molar-refractivity contribution < 1.29 is 4.79 Å². The Morgan fingerprint density at radius 3 is 2.65 bits per heavy atom. The van der Waals surface area contributed by atoms with Crippen LogP contribution in [0.5, 0.6) is 0 Å². The molecule has 0 aromatic heterocycles. The summed E-state index contributed by atoms with van der Waals surface area (Å²) in [6.07, 6.45) is 0.